The molecule has 2 aromatic carbocycles. The van der Waals surface area contributed by atoms with Crippen LogP contribution in [0.3, 0.4) is 0 Å². The first-order valence-electron chi connectivity index (χ1n) is 6.82. The van der Waals surface area contributed by atoms with Crippen molar-refractivity contribution in [3.63, 3.8) is 0 Å². The number of hydrogen-bond donors (Lipinski definition) is 2. The van der Waals surface area contributed by atoms with Gasteiger partial charge in [0.1, 0.15) is 5.69 Å². The van der Waals surface area contributed by atoms with E-state index >= 15 is 0 Å². The van der Waals surface area contributed by atoms with Gasteiger partial charge in [-0.2, -0.15) is 5.10 Å². The average molecular weight is 309 g/mol. The Morgan fingerprint density at radius 2 is 1.91 bits per heavy atom. The summed E-state index contributed by atoms with van der Waals surface area (Å²) in [6.07, 6.45) is 2.00. The van der Waals surface area contributed by atoms with Crippen molar-refractivity contribution in [2.75, 3.05) is 11.6 Å². The van der Waals surface area contributed by atoms with Crippen LogP contribution in [0.4, 0.5) is 5.69 Å². The molecule has 0 atom stereocenters. The molecule has 1 heterocycles. The van der Waals surface area contributed by atoms with Gasteiger partial charge in [-0.1, -0.05) is 36.4 Å². The lowest BCUT2D eigenvalue weighted by Gasteiger charge is -2.04. The summed E-state index contributed by atoms with van der Waals surface area (Å²) in [5, 5.41) is 9.85. The number of nitrogens with one attached hydrogen (secondary N) is 2. The first-order valence-corrected chi connectivity index (χ1v) is 8.05. The van der Waals surface area contributed by atoms with Crippen molar-refractivity contribution in [2.45, 2.75) is 4.90 Å². The molecule has 1 amide bonds. The van der Waals surface area contributed by atoms with Gasteiger partial charge in [0, 0.05) is 16.1 Å². The molecular formula is C17H15N3OS. The summed E-state index contributed by atoms with van der Waals surface area (Å²) in [5.74, 6) is -0.201. The molecule has 0 spiro atoms. The summed E-state index contributed by atoms with van der Waals surface area (Å²) in [6, 6.07) is 19.2. The van der Waals surface area contributed by atoms with Gasteiger partial charge in [0.2, 0.25) is 0 Å². The second-order valence-corrected chi connectivity index (χ2v) is 5.60. The van der Waals surface area contributed by atoms with Gasteiger partial charge in [0.05, 0.1) is 5.69 Å². The SMILES string of the molecule is CSc1cccc(NC(=O)c2cc(-c3ccccc3)n[nH]2)c1. The molecule has 0 saturated carbocycles. The van der Waals surface area contributed by atoms with Gasteiger partial charge in [-0.3, -0.25) is 9.89 Å². The minimum absolute atomic E-state index is 0.201. The van der Waals surface area contributed by atoms with Crippen LogP contribution in [0.15, 0.2) is 65.6 Å². The third-order valence-electron chi connectivity index (χ3n) is 3.22. The Hall–Kier alpha value is -2.53. The van der Waals surface area contributed by atoms with E-state index in [1.165, 1.54) is 0 Å². The molecule has 0 saturated heterocycles. The number of hydrogen-bond acceptors (Lipinski definition) is 3. The molecule has 0 aliphatic rings. The van der Waals surface area contributed by atoms with Crippen LogP contribution in [-0.4, -0.2) is 22.4 Å². The number of benzene rings is 2. The van der Waals surface area contributed by atoms with Gasteiger partial charge in [-0.25, -0.2) is 0 Å². The van der Waals surface area contributed by atoms with Crippen LogP contribution in [-0.2, 0) is 0 Å². The van der Waals surface area contributed by atoms with E-state index in [2.05, 4.69) is 15.5 Å². The summed E-state index contributed by atoms with van der Waals surface area (Å²) >= 11 is 1.64. The number of aromatic amines is 1. The molecule has 0 bridgehead atoms. The molecule has 5 heteroatoms. The van der Waals surface area contributed by atoms with Gasteiger partial charge in [0.25, 0.3) is 5.91 Å². The maximum Gasteiger partial charge on any atom is 0.273 e. The van der Waals surface area contributed by atoms with Crippen LogP contribution in [0, 0.1) is 0 Å². The van der Waals surface area contributed by atoms with Crippen LogP contribution < -0.4 is 5.32 Å². The van der Waals surface area contributed by atoms with Crippen LogP contribution in [0.25, 0.3) is 11.3 Å². The first-order chi connectivity index (χ1) is 10.8. The van der Waals surface area contributed by atoms with Gasteiger partial charge in [0.15, 0.2) is 0 Å². The number of aromatic nitrogens is 2. The number of anilines is 1. The molecule has 0 aliphatic carbocycles. The molecule has 0 radical (unpaired) electrons. The topological polar surface area (TPSA) is 57.8 Å². The normalized spacial score (nSPS) is 10.4. The summed E-state index contributed by atoms with van der Waals surface area (Å²) in [5.41, 5.74) is 2.94. The highest BCUT2D eigenvalue weighted by Crippen LogP contribution is 2.20. The van der Waals surface area contributed by atoms with Crippen molar-refractivity contribution in [2.24, 2.45) is 0 Å². The zero-order valence-electron chi connectivity index (χ0n) is 12.0. The molecule has 3 aromatic rings. The maximum atomic E-state index is 12.3. The predicted molar refractivity (Wildman–Crippen MR) is 90.2 cm³/mol. The molecule has 1 aromatic heterocycles. The van der Waals surface area contributed by atoms with Crippen molar-refractivity contribution in [1.29, 1.82) is 0 Å². The summed E-state index contributed by atoms with van der Waals surface area (Å²) in [7, 11) is 0. The number of rotatable bonds is 4. The minimum atomic E-state index is -0.201. The number of H-pyrrole nitrogens is 1. The van der Waals surface area contributed by atoms with Crippen LogP contribution in [0.1, 0.15) is 10.5 Å². The molecule has 22 heavy (non-hydrogen) atoms. The van der Waals surface area contributed by atoms with E-state index in [-0.39, 0.29) is 5.91 Å². The molecule has 4 nitrogen and oxygen atoms in total. The molecule has 0 aliphatic heterocycles. The second-order valence-electron chi connectivity index (χ2n) is 4.72. The van der Waals surface area contributed by atoms with Crippen molar-refractivity contribution in [1.82, 2.24) is 10.2 Å². The quantitative estimate of drug-likeness (QED) is 0.715. The van der Waals surface area contributed by atoms with E-state index in [1.54, 1.807) is 17.8 Å². The Morgan fingerprint density at radius 3 is 2.68 bits per heavy atom. The second kappa shape index (κ2) is 6.49. The highest BCUT2D eigenvalue weighted by molar-refractivity contribution is 7.98. The Kier molecular flexibility index (Phi) is 4.25. The summed E-state index contributed by atoms with van der Waals surface area (Å²) in [6.45, 7) is 0. The summed E-state index contributed by atoms with van der Waals surface area (Å²) < 4.78 is 0. The fourth-order valence-electron chi connectivity index (χ4n) is 2.09. The standard InChI is InChI=1S/C17H15N3OS/c1-22-14-9-5-8-13(10-14)18-17(21)16-11-15(19-20-16)12-6-3-2-4-7-12/h2-11H,1H3,(H,18,21)(H,19,20). The van der Waals surface area contributed by atoms with Crippen molar-refractivity contribution in [3.05, 3.63) is 66.4 Å². The largest absolute Gasteiger partial charge is 0.321 e. The Balaban J connectivity index is 1.77. The molecule has 0 unspecified atom stereocenters. The number of amides is 1. The molecular weight excluding hydrogens is 294 g/mol. The predicted octanol–water partition coefficient (Wildman–Crippen LogP) is 4.05. The van der Waals surface area contributed by atoms with Crippen LogP contribution in [0.2, 0.25) is 0 Å². The number of thioether (sulfide) groups is 1. The lowest BCUT2D eigenvalue weighted by atomic mass is 10.1. The maximum absolute atomic E-state index is 12.3. The van der Waals surface area contributed by atoms with Crippen molar-refractivity contribution >= 4 is 23.4 Å². The van der Waals surface area contributed by atoms with E-state index in [0.717, 1.165) is 21.8 Å². The lowest BCUT2D eigenvalue weighted by molar-refractivity contribution is 0.102. The minimum Gasteiger partial charge on any atom is -0.321 e. The van der Waals surface area contributed by atoms with Gasteiger partial charge in [-0.05, 0) is 30.5 Å². The van der Waals surface area contributed by atoms with Crippen LogP contribution in [0.5, 0.6) is 0 Å². The Labute approximate surface area is 133 Å². The van der Waals surface area contributed by atoms with E-state index < -0.39 is 0 Å². The molecule has 110 valence electrons. The van der Waals surface area contributed by atoms with Crippen molar-refractivity contribution < 1.29 is 4.79 Å². The number of carbonyl (C=O) groups excluding carboxylic acids is 1. The van der Waals surface area contributed by atoms with Gasteiger partial charge in [-0.15, -0.1) is 11.8 Å². The van der Waals surface area contributed by atoms with E-state index in [9.17, 15) is 4.79 Å². The lowest BCUT2D eigenvalue weighted by Crippen LogP contribution is -2.12. The van der Waals surface area contributed by atoms with Gasteiger partial charge >= 0.3 is 0 Å². The molecule has 0 fully saturated rings. The average Bonchev–Trinajstić information content (AvgIpc) is 3.06. The third kappa shape index (κ3) is 3.20. The van der Waals surface area contributed by atoms with Gasteiger partial charge < -0.3 is 5.32 Å². The fourth-order valence-corrected chi connectivity index (χ4v) is 2.55. The first kappa shape index (κ1) is 14.4. The smallest absolute Gasteiger partial charge is 0.273 e. The number of nitrogens with zero attached hydrogens (tertiary/aromatic N) is 1. The monoisotopic (exact) mass is 309 g/mol. The van der Waals surface area contributed by atoms with E-state index in [4.69, 9.17) is 0 Å². The van der Waals surface area contributed by atoms with Crippen LogP contribution >= 0.6 is 11.8 Å². The molecule has 3 rings (SSSR count). The highest BCUT2D eigenvalue weighted by atomic mass is 32.2. The van der Waals surface area contributed by atoms with Crippen molar-refractivity contribution in [3.8, 4) is 11.3 Å². The van der Waals surface area contributed by atoms with E-state index in [0.29, 0.717) is 5.69 Å². The third-order valence-corrected chi connectivity index (χ3v) is 3.94. The number of carbonyl (C=O) groups is 1. The zero-order chi connectivity index (χ0) is 15.4. The van der Waals surface area contributed by atoms with E-state index in [1.807, 2.05) is 60.9 Å². The zero-order valence-corrected chi connectivity index (χ0v) is 12.9. The summed E-state index contributed by atoms with van der Waals surface area (Å²) in [4.78, 5) is 13.4. The highest BCUT2D eigenvalue weighted by Gasteiger charge is 2.11. The Bertz CT molecular complexity index is 783. The molecule has 2 N–H and O–H groups in total. The fraction of sp³-hybridized carbons (Fsp3) is 0.0588. The Morgan fingerprint density at radius 1 is 1.09 bits per heavy atom.